The molecule has 4 rings (SSSR count). The Morgan fingerprint density at radius 3 is 2.62 bits per heavy atom. The second-order valence-electron chi connectivity index (χ2n) is 6.29. The van der Waals surface area contributed by atoms with Crippen LogP contribution in [0.3, 0.4) is 0 Å². The van der Waals surface area contributed by atoms with E-state index >= 15 is 0 Å². The van der Waals surface area contributed by atoms with E-state index in [-0.39, 0.29) is 11.7 Å². The number of hydrogen-bond donors (Lipinski definition) is 2. The summed E-state index contributed by atoms with van der Waals surface area (Å²) in [4.78, 5) is 21.5. The summed E-state index contributed by atoms with van der Waals surface area (Å²) in [5.41, 5.74) is 2.18. The summed E-state index contributed by atoms with van der Waals surface area (Å²) in [7, 11) is 3.15. The van der Waals surface area contributed by atoms with Gasteiger partial charge in [0, 0.05) is 23.2 Å². The first-order valence-corrected chi connectivity index (χ1v) is 9.71. The average Bonchev–Trinajstić information content (AvgIpc) is 3.30. The van der Waals surface area contributed by atoms with Crippen molar-refractivity contribution in [3.05, 3.63) is 29.7 Å². The van der Waals surface area contributed by atoms with E-state index < -0.39 is 0 Å². The standard InChI is InChI=1S/C18H19N7O3S/c1-9-5-15(23-22-9)21-16(26)8-29-18-20-12-7-14(28-4)13(27-3)6-11(12)17-19-10(2)24-25(17)18/h5-7H,8H2,1-4H3,(H2,21,22,23,26). The third-order valence-electron chi connectivity index (χ3n) is 4.16. The van der Waals surface area contributed by atoms with Crippen molar-refractivity contribution in [2.75, 3.05) is 25.3 Å². The van der Waals surface area contributed by atoms with Gasteiger partial charge in [0.2, 0.25) is 5.91 Å². The van der Waals surface area contributed by atoms with E-state index in [1.807, 2.05) is 13.0 Å². The molecular formula is C18H19N7O3S. The largest absolute Gasteiger partial charge is 0.493 e. The number of benzene rings is 1. The molecule has 0 saturated heterocycles. The number of hydrogen-bond acceptors (Lipinski definition) is 8. The van der Waals surface area contributed by atoms with E-state index in [9.17, 15) is 4.79 Å². The van der Waals surface area contributed by atoms with E-state index in [1.54, 1.807) is 37.8 Å². The Balaban J connectivity index is 1.68. The number of methoxy groups -OCH3 is 2. The number of rotatable bonds is 6. The van der Waals surface area contributed by atoms with Crippen LogP contribution in [0.15, 0.2) is 23.4 Å². The highest BCUT2D eigenvalue weighted by atomic mass is 32.2. The van der Waals surface area contributed by atoms with E-state index in [0.717, 1.165) is 11.1 Å². The molecule has 0 unspecified atom stereocenters. The number of H-pyrrole nitrogens is 1. The smallest absolute Gasteiger partial charge is 0.236 e. The van der Waals surface area contributed by atoms with E-state index in [4.69, 9.17) is 9.47 Å². The van der Waals surface area contributed by atoms with Crippen LogP contribution >= 0.6 is 11.8 Å². The molecule has 0 radical (unpaired) electrons. The summed E-state index contributed by atoms with van der Waals surface area (Å²) >= 11 is 1.26. The Kier molecular flexibility index (Phi) is 4.97. The maximum absolute atomic E-state index is 12.3. The van der Waals surface area contributed by atoms with Gasteiger partial charge in [0.25, 0.3) is 0 Å². The molecule has 0 bridgehead atoms. The minimum Gasteiger partial charge on any atom is -0.493 e. The van der Waals surface area contributed by atoms with Crippen molar-refractivity contribution in [3.8, 4) is 11.5 Å². The number of anilines is 1. The van der Waals surface area contributed by atoms with Crippen molar-refractivity contribution in [1.82, 2.24) is 29.8 Å². The van der Waals surface area contributed by atoms with Crippen LogP contribution in [-0.4, -0.2) is 55.7 Å². The molecule has 0 aliphatic heterocycles. The fourth-order valence-corrected chi connectivity index (χ4v) is 3.64. The second kappa shape index (κ2) is 7.59. The van der Waals surface area contributed by atoms with Crippen LogP contribution in [0, 0.1) is 13.8 Å². The van der Waals surface area contributed by atoms with Crippen LogP contribution in [0.4, 0.5) is 5.82 Å². The molecular weight excluding hydrogens is 394 g/mol. The van der Waals surface area contributed by atoms with Crippen molar-refractivity contribution < 1.29 is 14.3 Å². The number of ether oxygens (including phenoxy) is 2. The molecule has 1 aromatic carbocycles. The van der Waals surface area contributed by atoms with Crippen LogP contribution in [0.25, 0.3) is 16.6 Å². The van der Waals surface area contributed by atoms with E-state index in [0.29, 0.717) is 39.5 Å². The van der Waals surface area contributed by atoms with Gasteiger partial charge >= 0.3 is 0 Å². The monoisotopic (exact) mass is 413 g/mol. The lowest BCUT2D eigenvalue weighted by molar-refractivity contribution is -0.113. The zero-order chi connectivity index (χ0) is 20.5. The van der Waals surface area contributed by atoms with Crippen LogP contribution in [0.5, 0.6) is 11.5 Å². The predicted octanol–water partition coefficient (Wildman–Crippen LogP) is 2.37. The number of carbonyl (C=O) groups excluding carboxylic acids is 1. The predicted molar refractivity (Wildman–Crippen MR) is 109 cm³/mol. The van der Waals surface area contributed by atoms with Gasteiger partial charge in [0.15, 0.2) is 28.1 Å². The Hall–Kier alpha value is -3.34. The lowest BCUT2D eigenvalue weighted by Gasteiger charge is -2.11. The van der Waals surface area contributed by atoms with Crippen LogP contribution in [0.1, 0.15) is 11.5 Å². The van der Waals surface area contributed by atoms with Crippen molar-refractivity contribution in [2.45, 2.75) is 19.0 Å². The van der Waals surface area contributed by atoms with Gasteiger partial charge in [-0.3, -0.25) is 9.89 Å². The molecule has 2 N–H and O–H groups in total. The second-order valence-corrected chi connectivity index (χ2v) is 7.23. The number of thioether (sulfide) groups is 1. The minimum atomic E-state index is -0.194. The summed E-state index contributed by atoms with van der Waals surface area (Å²) in [6.07, 6.45) is 0. The quantitative estimate of drug-likeness (QED) is 0.365. The van der Waals surface area contributed by atoms with Gasteiger partial charge in [-0.15, -0.1) is 5.10 Å². The molecule has 3 heterocycles. The molecule has 10 nitrogen and oxygen atoms in total. The van der Waals surface area contributed by atoms with Crippen LogP contribution in [-0.2, 0) is 4.79 Å². The molecule has 11 heteroatoms. The first-order chi connectivity index (χ1) is 14.0. The molecule has 29 heavy (non-hydrogen) atoms. The van der Waals surface area contributed by atoms with E-state index in [2.05, 4.69) is 30.6 Å². The summed E-state index contributed by atoms with van der Waals surface area (Å²) in [6, 6.07) is 5.37. The molecule has 0 aliphatic rings. The van der Waals surface area contributed by atoms with Crippen molar-refractivity contribution in [3.63, 3.8) is 0 Å². The highest BCUT2D eigenvalue weighted by molar-refractivity contribution is 7.99. The number of fused-ring (bicyclic) bond motifs is 3. The van der Waals surface area contributed by atoms with Gasteiger partial charge in [-0.2, -0.15) is 9.61 Å². The Bertz CT molecular complexity index is 1220. The fraction of sp³-hybridized carbons (Fsp3) is 0.278. The Labute approximate surface area is 170 Å². The van der Waals surface area contributed by atoms with Crippen LogP contribution < -0.4 is 14.8 Å². The van der Waals surface area contributed by atoms with Gasteiger partial charge in [-0.05, 0) is 19.9 Å². The number of nitrogens with zero attached hydrogens (tertiary/aromatic N) is 5. The van der Waals surface area contributed by atoms with Crippen LogP contribution in [0.2, 0.25) is 0 Å². The number of amides is 1. The van der Waals surface area contributed by atoms with Crippen molar-refractivity contribution in [2.24, 2.45) is 0 Å². The SMILES string of the molecule is COc1cc2nc(SCC(=O)Nc3cc(C)[nH]n3)n3nc(C)nc3c2cc1OC. The summed E-state index contributed by atoms with van der Waals surface area (Å²) < 4.78 is 12.4. The zero-order valence-corrected chi connectivity index (χ0v) is 17.1. The number of aromatic amines is 1. The highest BCUT2D eigenvalue weighted by Crippen LogP contribution is 2.34. The third-order valence-corrected chi connectivity index (χ3v) is 5.09. The molecule has 3 aromatic heterocycles. The molecule has 0 saturated carbocycles. The van der Waals surface area contributed by atoms with Gasteiger partial charge < -0.3 is 14.8 Å². The van der Waals surface area contributed by atoms with Crippen molar-refractivity contribution >= 4 is 40.0 Å². The lowest BCUT2D eigenvalue weighted by atomic mass is 10.2. The Morgan fingerprint density at radius 1 is 1.17 bits per heavy atom. The van der Waals surface area contributed by atoms with Gasteiger partial charge in [-0.1, -0.05) is 11.8 Å². The molecule has 0 atom stereocenters. The number of aromatic nitrogens is 6. The molecule has 4 aromatic rings. The normalized spacial score (nSPS) is 11.2. The number of carbonyl (C=O) groups is 1. The first-order valence-electron chi connectivity index (χ1n) is 8.72. The topological polar surface area (TPSA) is 119 Å². The molecule has 0 spiro atoms. The fourth-order valence-electron chi connectivity index (χ4n) is 2.90. The highest BCUT2D eigenvalue weighted by Gasteiger charge is 2.17. The minimum absolute atomic E-state index is 0.145. The van der Waals surface area contributed by atoms with Gasteiger partial charge in [0.05, 0.1) is 25.5 Å². The van der Waals surface area contributed by atoms with Gasteiger partial charge in [0.1, 0.15) is 5.82 Å². The molecule has 150 valence electrons. The number of nitrogens with one attached hydrogen (secondary N) is 2. The lowest BCUT2D eigenvalue weighted by Crippen LogP contribution is -2.15. The maximum Gasteiger partial charge on any atom is 0.236 e. The maximum atomic E-state index is 12.3. The summed E-state index contributed by atoms with van der Waals surface area (Å²) in [5, 5.41) is 15.3. The average molecular weight is 413 g/mol. The third kappa shape index (κ3) is 3.68. The zero-order valence-electron chi connectivity index (χ0n) is 16.3. The first kappa shape index (κ1) is 19.0. The molecule has 0 fully saturated rings. The number of aryl methyl sites for hydroxylation is 2. The van der Waals surface area contributed by atoms with E-state index in [1.165, 1.54) is 11.8 Å². The molecule has 1 amide bonds. The van der Waals surface area contributed by atoms with Gasteiger partial charge in [-0.25, -0.2) is 9.97 Å². The van der Waals surface area contributed by atoms with Crippen molar-refractivity contribution in [1.29, 1.82) is 0 Å². The Morgan fingerprint density at radius 2 is 1.93 bits per heavy atom. The summed E-state index contributed by atoms with van der Waals surface area (Å²) in [5.74, 6) is 2.19. The molecule has 0 aliphatic carbocycles. The summed E-state index contributed by atoms with van der Waals surface area (Å²) in [6.45, 7) is 3.67.